The molecule has 4 nitrogen and oxygen atoms in total. The van der Waals surface area contributed by atoms with E-state index in [-0.39, 0.29) is 0 Å². The number of rotatable bonds is 8. The zero-order chi connectivity index (χ0) is 11.6. The Bertz CT molecular complexity index is 267. The van der Waals surface area contributed by atoms with Crippen LogP contribution < -0.4 is 5.32 Å². The fraction of sp³-hybridized carbons (Fsp3) is 0.583. The molecular weight excluding hydrogens is 204 g/mol. The van der Waals surface area contributed by atoms with Gasteiger partial charge in [-0.05, 0) is 18.6 Å². The zero-order valence-electron chi connectivity index (χ0n) is 9.98. The molecule has 0 aliphatic rings. The van der Waals surface area contributed by atoms with Crippen LogP contribution in [0.3, 0.4) is 0 Å². The number of hydrogen-bond acceptors (Lipinski definition) is 4. The maximum absolute atomic E-state index is 5.36. The Morgan fingerprint density at radius 3 is 2.94 bits per heavy atom. The molecule has 90 valence electrons. The van der Waals surface area contributed by atoms with Crippen LogP contribution in [0, 0.1) is 0 Å². The van der Waals surface area contributed by atoms with Crippen molar-refractivity contribution in [2.24, 2.45) is 0 Å². The summed E-state index contributed by atoms with van der Waals surface area (Å²) in [6, 6.07) is 4.32. The van der Waals surface area contributed by atoms with Crippen LogP contribution in [0.2, 0.25) is 0 Å². The van der Waals surface area contributed by atoms with Gasteiger partial charge in [0.1, 0.15) is 0 Å². The van der Waals surface area contributed by atoms with E-state index in [1.165, 1.54) is 5.56 Å². The summed E-state index contributed by atoms with van der Waals surface area (Å²) in [5, 5.41) is 3.37. The average Bonchev–Trinajstić information content (AvgIpc) is 2.34. The molecule has 0 aliphatic carbocycles. The molecular formula is C12H20N2O2. The first kappa shape index (κ1) is 13.1. The van der Waals surface area contributed by atoms with Gasteiger partial charge in [0.2, 0.25) is 0 Å². The molecule has 0 spiro atoms. The summed E-state index contributed by atoms with van der Waals surface area (Å²) in [5.41, 5.74) is 1.19. The minimum Gasteiger partial charge on any atom is -0.382 e. The molecule has 1 rings (SSSR count). The monoisotopic (exact) mass is 224 g/mol. The molecule has 1 N–H and O–H groups in total. The molecule has 1 heterocycles. The van der Waals surface area contributed by atoms with E-state index in [9.17, 15) is 0 Å². The van der Waals surface area contributed by atoms with E-state index in [1.807, 2.05) is 12.3 Å². The molecule has 0 unspecified atom stereocenters. The van der Waals surface area contributed by atoms with Crippen LogP contribution in [0.5, 0.6) is 0 Å². The third kappa shape index (κ3) is 5.21. The van der Waals surface area contributed by atoms with Crippen molar-refractivity contribution in [3.05, 3.63) is 30.1 Å². The molecule has 1 aromatic rings. The van der Waals surface area contributed by atoms with E-state index in [1.54, 1.807) is 13.3 Å². The lowest BCUT2D eigenvalue weighted by molar-refractivity contribution is 0.0712. The van der Waals surface area contributed by atoms with Crippen molar-refractivity contribution < 1.29 is 9.47 Å². The van der Waals surface area contributed by atoms with Gasteiger partial charge in [0.05, 0.1) is 19.8 Å². The van der Waals surface area contributed by atoms with E-state index in [2.05, 4.69) is 23.3 Å². The molecule has 4 heteroatoms. The molecule has 0 aromatic carbocycles. The SMILES string of the molecule is COCCOCCN[C@H](C)c1cccnc1. The van der Waals surface area contributed by atoms with E-state index in [0.29, 0.717) is 25.9 Å². The maximum Gasteiger partial charge on any atom is 0.0700 e. The topological polar surface area (TPSA) is 43.4 Å². The van der Waals surface area contributed by atoms with Gasteiger partial charge in [0, 0.05) is 32.1 Å². The quantitative estimate of drug-likeness (QED) is 0.678. The Labute approximate surface area is 97.0 Å². The van der Waals surface area contributed by atoms with Gasteiger partial charge in [-0.15, -0.1) is 0 Å². The van der Waals surface area contributed by atoms with E-state index in [0.717, 1.165) is 6.54 Å². The Morgan fingerprint density at radius 1 is 1.38 bits per heavy atom. The Kier molecular flexibility index (Phi) is 6.72. The highest BCUT2D eigenvalue weighted by atomic mass is 16.5. The summed E-state index contributed by atoms with van der Waals surface area (Å²) < 4.78 is 10.2. The average molecular weight is 224 g/mol. The highest BCUT2D eigenvalue weighted by molar-refractivity contribution is 5.12. The van der Waals surface area contributed by atoms with Crippen molar-refractivity contribution in [2.45, 2.75) is 13.0 Å². The van der Waals surface area contributed by atoms with E-state index >= 15 is 0 Å². The lowest BCUT2D eigenvalue weighted by Gasteiger charge is -2.13. The van der Waals surface area contributed by atoms with Gasteiger partial charge in [0.15, 0.2) is 0 Å². The molecule has 1 aromatic heterocycles. The Morgan fingerprint density at radius 2 is 2.25 bits per heavy atom. The van der Waals surface area contributed by atoms with Gasteiger partial charge in [0.25, 0.3) is 0 Å². The van der Waals surface area contributed by atoms with Gasteiger partial charge in [-0.3, -0.25) is 4.98 Å². The lowest BCUT2D eigenvalue weighted by Crippen LogP contribution is -2.23. The van der Waals surface area contributed by atoms with Crippen LogP contribution in [0.1, 0.15) is 18.5 Å². The molecule has 0 bridgehead atoms. The van der Waals surface area contributed by atoms with Crippen molar-refractivity contribution in [3.63, 3.8) is 0 Å². The van der Waals surface area contributed by atoms with E-state index in [4.69, 9.17) is 9.47 Å². The summed E-state index contributed by atoms with van der Waals surface area (Å²) in [7, 11) is 1.67. The predicted octanol–water partition coefficient (Wildman–Crippen LogP) is 1.40. The Hall–Kier alpha value is -0.970. The third-order valence-corrected chi connectivity index (χ3v) is 2.31. The standard InChI is InChI=1S/C12H20N2O2/c1-11(12-4-3-5-13-10-12)14-6-7-16-9-8-15-2/h3-5,10-11,14H,6-9H2,1-2H3/t11-/m1/s1. The number of ether oxygens (including phenoxy) is 2. The summed E-state index contributed by atoms with van der Waals surface area (Å²) >= 11 is 0. The van der Waals surface area contributed by atoms with E-state index < -0.39 is 0 Å². The molecule has 0 amide bonds. The first-order valence-electron chi connectivity index (χ1n) is 5.54. The van der Waals surface area contributed by atoms with Crippen LogP contribution in [0.15, 0.2) is 24.5 Å². The molecule has 0 aliphatic heterocycles. The molecule has 16 heavy (non-hydrogen) atoms. The van der Waals surface area contributed by atoms with Gasteiger partial charge in [-0.1, -0.05) is 6.07 Å². The van der Waals surface area contributed by atoms with Crippen LogP contribution >= 0.6 is 0 Å². The van der Waals surface area contributed by atoms with Crippen LogP contribution in [-0.4, -0.2) is 38.5 Å². The molecule has 1 atom stereocenters. The minimum absolute atomic E-state index is 0.305. The van der Waals surface area contributed by atoms with Crippen LogP contribution in [0.25, 0.3) is 0 Å². The second-order valence-electron chi connectivity index (χ2n) is 3.57. The summed E-state index contributed by atoms with van der Waals surface area (Å²) in [4.78, 5) is 4.09. The smallest absolute Gasteiger partial charge is 0.0700 e. The number of methoxy groups -OCH3 is 1. The number of aromatic nitrogens is 1. The van der Waals surface area contributed by atoms with Crippen LogP contribution in [0.4, 0.5) is 0 Å². The minimum atomic E-state index is 0.305. The highest BCUT2D eigenvalue weighted by Gasteiger charge is 2.02. The number of nitrogens with zero attached hydrogens (tertiary/aromatic N) is 1. The molecule has 0 fully saturated rings. The fourth-order valence-corrected chi connectivity index (χ4v) is 1.34. The lowest BCUT2D eigenvalue weighted by atomic mass is 10.1. The van der Waals surface area contributed by atoms with Gasteiger partial charge in [-0.2, -0.15) is 0 Å². The van der Waals surface area contributed by atoms with Crippen molar-refractivity contribution >= 4 is 0 Å². The maximum atomic E-state index is 5.36. The summed E-state index contributed by atoms with van der Waals surface area (Å²) in [6.07, 6.45) is 3.66. The highest BCUT2D eigenvalue weighted by Crippen LogP contribution is 2.08. The summed E-state index contributed by atoms with van der Waals surface area (Å²) in [6.45, 7) is 4.96. The fourth-order valence-electron chi connectivity index (χ4n) is 1.34. The molecule has 0 saturated carbocycles. The number of nitrogens with one attached hydrogen (secondary N) is 1. The van der Waals surface area contributed by atoms with Gasteiger partial charge >= 0.3 is 0 Å². The number of pyridine rings is 1. The number of hydrogen-bond donors (Lipinski definition) is 1. The first-order chi connectivity index (χ1) is 7.84. The van der Waals surface area contributed by atoms with Gasteiger partial charge in [-0.25, -0.2) is 0 Å². The normalized spacial score (nSPS) is 12.6. The molecule has 0 radical (unpaired) electrons. The van der Waals surface area contributed by atoms with Gasteiger partial charge < -0.3 is 14.8 Å². The van der Waals surface area contributed by atoms with Crippen molar-refractivity contribution in [2.75, 3.05) is 33.5 Å². The van der Waals surface area contributed by atoms with Crippen LogP contribution in [-0.2, 0) is 9.47 Å². The summed E-state index contributed by atoms with van der Waals surface area (Å²) in [5.74, 6) is 0. The second-order valence-corrected chi connectivity index (χ2v) is 3.57. The zero-order valence-corrected chi connectivity index (χ0v) is 9.98. The van der Waals surface area contributed by atoms with Crippen molar-refractivity contribution in [1.82, 2.24) is 10.3 Å². The Balaban J connectivity index is 2.09. The van der Waals surface area contributed by atoms with Crippen molar-refractivity contribution in [1.29, 1.82) is 0 Å². The second kappa shape index (κ2) is 8.21. The third-order valence-electron chi connectivity index (χ3n) is 2.31. The first-order valence-corrected chi connectivity index (χ1v) is 5.54. The largest absolute Gasteiger partial charge is 0.382 e. The predicted molar refractivity (Wildman–Crippen MR) is 63.3 cm³/mol. The van der Waals surface area contributed by atoms with Crippen molar-refractivity contribution in [3.8, 4) is 0 Å². The molecule has 0 saturated heterocycles.